The Morgan fingerprint density at radius 2 is 1.80 bits per heavy atom. The van der Waals surface area contributed by atoms with Gasteiger partial charge in [0.15, 0.2) is 0 Å². The second-order valence-electron chi connectivity index (χ2n) is 11.6. The summed E-state index contributed by atoms with van der Waals surface area (Å²) in [6.07, 6.45) is 3.09. The topological polar surface area (TPSA) is 153 Å². The Balaban J connectivity index is 1.15. The minimum absolute atomic E-state index is 0.142. The summed E-state index contributed by atoms with van der Waals surface area (Å²) in [5.74, 6) is -1.13. The van der Waals surface area contributed by atoms with E-state index in [9.17, 15) is 28.3 Å². The fraction of sp³-hybridized carbons (Fsp3) is 0.438. The average Bonchev–Trinajstić information content (AvgIpc) is 3.47. The van der Waals surface area contributed by atoms with Gasteiger partial charge >= 0.3 is 11.9 Å². The molecule has 11 nitrogen and oxygen atoms in total. The zero-order chi connectivity index (χ0) is 32.1. The molecular weight excluding hydrogens is 588 g/mol. The normalized spacial score (nSPS) is 21.1. The van der Waals surface area contributed by atoms with Crippen LogP contribution in [-0.4, -0.2) is 50.7 Å². The lowest BCUT2D eigenvalue weighted by molar-refractivity contribution is -0.172. The van der Waals surface area contributed by atoms with Crippen molar-refractivity contribution in [2.24, 2.45) is 11.8 Å². The zero-order valence-electron chi connectivity index (χ0n) is 25.0. The van der Waals surface area contributed by atoms with Crippen LogP contribution in [0.2, 0.25) is 0 Å². The molecule has 4 heterocycles. The van der Waals surface area contributed by atoms with Crippen LogP contribution in [0.25, 0.3) is 11.3 Å². The van der Waals surface area contributed by atoms with Crippen molar-refractivity contribution in [1.29, 1.82) is 0 Å². The van der Waals surface area contributed by atoms with Gasteiger partial charge in [0.2, 0.25) is 12.7 Å². The number of hydrogen-bond acceptors (Lipinski definition) is 10. The number of aryl methyl sites for hydroxylation is 1. The molecule has 1 saturated carbocycles. The number of esters is 2. The molecule has 0 unspecified atom stereocenters. The number of aliphatic hydroxyl groups is 1. The maximum atomic E-state index is 13.1. The Labute approximate surface area is 258 Å². The molecule has 3 N–H and O–H groups in total. The second kappa shape index (κ2) is 13.6. The molecule has 45 heavy (non-hydrogen) atoms. The van der Waals surface area contributed by atoms with Gasteiger partial charge in [-0.3, -0.25) is 14.6 Å². The number of rotatable bonds is 10. The van der Waals surface area contributed by atoms with E-state index in [4.69, 9.17) is 9.47 Å². The van der Waals surface area contributed by atoms with Crippen molar-refractivity contribution in [2.75, 3.05) is 12.1 Å². The van der Waals surface area contributed by atoms with E-state index in [1.54, 1.807) is 25.3 Å². The fourth-order valence-electron chi connectivity index (χ4n) is 5.76. The van der Waals surface area contributed by atoms with E-state index in [2.05, 4.69) is 25.6 Å². The van der Waals surface area contributed by atoms with E-state index in [1.807, 2.05) is 19.1 Å². The van der Waals surface area contributed by atoms with Crippen molar-refractivity contribution in [1.82, 2.24) is 20.3 Å². The lowest BCUT2D eigenvalue weighted by Crippen LogP contribution is -2.37. The number of aromatic nitrogens is 3. The van der Waals surface area contributed by atoms with Gasteiger partial charge in [0.05, 0.1) is 17.3 Å². The molecule has 1 saturated heterocycles. The Morgan fingerprint density at radius 1 is 1.04 bits per heavy atom. The number of halogens is 2. The van der Waals surface area contributed by atoms with Crippen molar-refractivity contribution in [3.05, 3.63) is 65.6 Å². The highest BCUT2D eigenvalue weighted by Crippen LogP contribution is 2.41. The lowest BCUT2D eigenvalue weighted by atomic mass is 9.73. The van der Waals surface area contributed by atoms with Crippen LogP contribution in [0, 0.1) is 18.8 Å². The van der Waals surface area contributed by atoms with Gasteiger partial charge < -0.3 is 25.2 Å². The van der Waals surface area contributed by atoms with Crippen LogP contribution in [0.3, 0.4) is 0 Å². The molecule has 13 heteroatoms. The Hall–Kier alpha value is -4.52. The molecule has 2 aliphatic rings. The smallest absolute Gasteiger partial charge is 0.331 e. The van der Waals surface area contributed by atoms with Gasteiger partial charge in [-0.1, -0.05) is 0 Å². The number of anilines is 2. The minimum Gasteiger partial charge on any atom is -0.428 e. The van der Waals surface area contributed by atoms with E-state index < -0.39 is 36.8 Å². The van der Waals surface area contributed by atoms with Gasteiger partial charge in [-0.2, -0.15) is 0 Å². The van der Waals surface area contributed by atoms with Crippen LogP contribution in [0.1, 0.15) is 68.7 Å². The van der Waals surface area contributed by atoms with Crippen LogP contribution in [0.15, 0.2) is 48.8 Å². The monoisotopic (exact) mass is 623 g/mol. The van der Waals surface area contributed by atoms with E-state index in [0.29, 0.717) is 54.9 Å². The van der Waals surface area contributed by atoms with E-state index in [-0.39, 0.29) is 35.5 Å². The molecule has 1 aliphatic carbocycles. The van der Waals surface area contributed by atoms with Crippen LogP contribution in [-0.2, 0) is 29.5 Å². The third-order valence-electron chi connectivity index (χ3n) is 8.38. The summed E-state index contributed by atoms with van der Waals surface area (Å²) in [7, 11) is 0. The van der Waals surface area contributed by atoms with Gasteiger partial charge in [0.25, 0.3) is 6.43 Å². The highest BCUT2D eigenvalue weighted by Gasteiger charge is 2.39. The molecule has 0 spiro atoms. The molecule has 5 rings (SSSR count). The molecular formula is C32H35F2N5O6. The van der Waals surface area contributed by atoms with Crippen LogP contribution in [0.5, 0.6) is 0 Å². The van der Waals surface area contributed by atoms with Gasteiger partial charge in [-0.25, -0.2) is 23.5 Å². The van der Waals surface area contributed by atoms with Crippen molar-refractivity contribution in [3.8, 4) is 11.3 Å². The first kappa shape index (κ1) is 31.9. The third kappa shape index (κ3) is 7.77. The van der Waals surface area contributed by atoms with Crippen LogP contribution in [0.4, 0.5) is 20.4 Å². The molecule has 3 aromatic rings. The number of nitrogens with zero attached hydrogens (tertiary/aromatic N) is 3. The molecule has 2 fully saturated rings. The number of carbonyl (C=O) groups excluding carboxylic acids is 3. The van der Waals surface area contributed by atoms with Crippen molar-refractivity contribution < 1.29 is 37.7 Å². The first-order valence-electron chi connectivity index (χ1n) is 14.8. The molecule has 1 amide bonds. The quantitative estimate of drug-likeness (QED) is 0.211. The van der Waals surface area contributed by atoms with Crippen molar-refractivity contribution >= 4 is 29.5 Å². The first-order chi connectivity index (χ1) is 21.5. The van der Waals surface area contributed by atoms with Crippen LogP contribution < -0.4 is 10.6 Å². The summed E-state index contributed by atoms with van der Waals surface area (Å²) in [6, 6.07) is 9.05. The summed E-state index contributed by atoms with van der Waals surface area (Å²) in [5, 5.41) is 17.0. The predicted octanol–water partition coefficient (Wildman–Crippen LogP) is 4.86. The van der Waals surface area contributed by atoms with Crippen molar-refractivity contribution in [2.45, 2.75) is 70.4 Å². The van der Waals surface area contributed by atoms with E-state index in [0.717, 1.165) is 5.56 Å². The number of amides is 1. The summed E-state index contributed by atoms with van der Waals surface area (Å²) < 4.78 is 36.3. The number of carbonyl (C=O) groups is 3. The maximum absolute atomic E-state index is 13.1. The highest BCUT2D eigenvalue weighted by molar-refractivity contribution is 5.88. The van der Waals surface area contributed by atoms with E-state index in [1.165, 1.54) is 18.3 Å². The van der Waals surface area contributed by atoms with E-state index >= 15 is 0 Å². The molecule has 1 aliphatic heterocycles. The van der Waals surface area contributed by atoms with Gasteiger partial charge in [-0.15, -0.1) is 0 Å². The SMILES string of the molecule is Cc1cc(Nc2cc(C(F)F)ccn2)nc(-c2ccc([C@](C)(O)[C@H]3CC[C@H](C(=O)OCOC(=O)[C@H]4CCC(=O)N4)CC3)nc2)c1. The number of nitrogens with one attached hydrogen (secondary N) is 2. The van der Waals surface area contributed by atoms with Gasteiger partial charge in [-0.05, 0) is 93.8 Å². The maximum Gasteiger partial charge on any atom is 0.331 e. The largest absolute Gasteiger partial charge is 0.428 e. The lowest BCUT2D eigenvalue weighted by Gasteiger charge is -2.37. The van der Waals surface area contributed by atoms with Crippen LogP contribution >= 0.6 is 0 Å². The Morgan fingerprint density at radius 3 is 2.47 bits per heavy atom. The minimum atomic E-state index is -2.61. The predicted molar refractivity (Wildman–Crippen MR) is 158 cm³/mol. The van der Waals surface area contributed by atoms with Crippen molar-refractivity contribution in [3.63, 3.8) is 0 Å². The number of pyridine rings is 3. The molecule has 0 radical (unpaired) electrons. The summed E-state index contributed by atoms with van der Waals surface area (Å²) >= 11 is 0. The number of ether oxygens (including phenoxy) is 2. The summed E-state index contributed by atoms with van der Waals surface area (Å²) in [4.78, 5) is 49.0. The average molecular weight is 624 g/mol. The van der Waals surface area contributed by atoms with Gasteiger partial charge in [0, 0.05) is 29.9 Å². The van der Waals surface area contributed by atoms with Gasteiger partial charge in [0.1, 0.15) is 23.3 Å². The molecule has 0 bridgehead atoms. The molecule has 238 valence electrons. The standard InChI is InChI=1S/C32H35F2N5O6/c1-18-13-24(37-27(14-18)39-26-15-20(29(33)34)11-12-35-26)21-5-9-25(36-16-21)32(2,43)22-6-3-19(4-7-22)30(41)44-17-45-31(42)23-8-10-28(40)38-23/h5,9,11-16,19,22-23,29,43H,3-4,6-8,10,17H2,1-2H3,(H,38,40)(H,35,37,39)/t19-,22-,23-,32-/m1/s1. The second-order valence-corrected chi connectivity index (χ2v) is 11.6. The summed E-state index contributed by atoms with van der Waals surface area (Å²) in [5.41, 5.74) is 1.30. The highest BCUT2D eigenvalue weighted by atomic mass is 19.3. The Kier molecular flexibility index (Phi) is 9.66. The first-order valence-corrected chi connectivity index (χ1v) is 14.8. The number of hydrogen-bond donors (Lipinski definition) is 3. The third-order valence-corrected chi connectivity index (χ3v) is 8.38. The fourth-order valence-corrected chi connectivity index (χ4v) is 5.76. The summed E-state index contributed by atoms with van der Waals surface area (Å²) in [6.45, 7) is 3.10. The molecule has 3 aromatic heterocycles. The molecule has 0 aromatic carbocycles. The Bertz CT molecular complexity index is 1540. The molecule has 2 atom stereocenters. The zero-order valence-corrected chi connectivity index (χ0v) is 25.0. The number of alkyl halides is 2.